The van der Waals surface area contributed by atoms with E-state index < -0.39 is 0 Å². The van der Waals surface area contributed by atoms with Crippen LogP contribution in [0.25, 0.3) is 0 Å². The Bertz CT molecular complexity index is 518. The van der Waals surface area contributed by atoms with Crippen molar-refractivity contribution in [2.24, 2.45) is 0 Å². The minimum absolute atomic E-state index is 0.145. The zero-order chi connectivity index (χ0) is 14.9. The van der Waals surface area contributed by atoms with Gasteiger partial charge < -0.3 is 14.4 Å². The molecule has 0 saturated carbocycles. The molecule has 1 aromatic heterocycles. The predicted octanol–water partition coefficient (Wildman–Crippen LogP) is 0.734. The number of morpholine rings is 1. The lowest BCUT2D eigenvalue weighted by atomic mass is 10.1. The number of rotatable bonds is 3. The van der Waals surface area contributed by atoms with Crippen LogP contribution < -0.4 is 0 Å². The van der Waals surface area contributed by atoms with Gasteiger partial charge >= 0.3 is 0 Å². The first kappa shape index (κ1) is 14.6. The number of fused-ring (bicyclic) bond motifs is 1. The van der Waals surface area contributed by atoms with E-state index >= 15 is 0 Å². The third-order valence-electron chi connectivity index (χ3n) is 4.81. The quantitative estimate of drug-likeness (QED) is 0.821. The average Bonchev–Trinajstić information content (AvgIpc) is 3.26. The Hall–Kier alpha value is -1.02. The topological polar surface area (TPSA) is 54.9 Å². The fourth-order valence-electron chi connectivity index (χ4n) is 3.68. The van der Waals surface area contributed by atoms with Gasteiger partial charge in [-0.25, -0.2) is 4.98 Å². The maximum Gasteiger partial charge on any atom is 0.251 e. The number of carbonyl (C=O) groups excluding carboxylic acids is 1. The van der Waals surface area contributed by atoms with E-state index in [0.717, 1.165) is 30.9 Å². The van der Waals surface area contributed by atoms with E-state index in [1.165, 1.54) is 0 Å². The summed E-state index contributed by atoms with van der Waals surface area (Å²) in [6, 6.07) is 0.360. The van der Waals surface area contributed by atoms with E-state index in [-0.39, 0.29) is 18.1 Å². The molecule has 0 N–H and O–H groups in total. The Labute approximate surface area is 134 Å². The highest BCUT2D eigenvalue weighted by Gasteiger charge is 2.46. The molecular formula is C15H21N3O3S. The van der Waals surface area contributed by atoms with Gasteiger partial charge in [0.25, 0.3) is 5.91 Å². The van der Waals surface area contributed by atoms with Gasteiger partial charge in [-0.3, -0.25) is 9.69 Å². The Kier molecular flexibility index (Phi) is 4.13. The zero-order valence-corrected chi connectivity index (χ0v) is 13.3. The fourth-order valence-corrected chi connectivity index (χ4v) is 4.32. The summed E-state index contributed by atoms with van der Waals surface area (Å²) in [6.45, 7) is 4.57. The maximum atomic E-state index is 12.6. The summed E-state index contributed by atoms with van der Waals surface area (Å²) in [5.41, 5.74) is 0. The van der Waals surface area contributed by atoms with Crippen LogP contribution in [0.15, 0.2) is 11.6 Å². The molecule has 3 aliphatic rings. The molecule has 3 saturated heterocycles. The zero-order valence-electron chi connectivity index (χ0n) is 12.5. The molecule has 4 rings (SSSR count). The van der Waals surface area contributed by atoms with Crippen LogP contribution in [0.1, 0.15) is 17.8 Å². The number of nitrogens with zero attached hydrogens (tertiary/aromatic N) is 3. The number of amides is 1. The molecule has 3 atom stereocenters. The Morgan fingerprint density at radius 1 is 1.36 bits per heavy atom. The second-order valence-electron chi connectivity index (χ2n) is 6.09. The minimum atomic E-state index is -0.271. The molecule has 0 unspecified atom stereocenters. The van der Waals surface area contributed by atoms with Gasteiger partial charge in [0, 0.05) is 43.7 Å². The van der Waals surface area contributed by atoms with E-state index in [1.54, 1.807) is 11.3 Å². The first-order valence-electron chi connectivity index (χ1n) is 7.95. The van der Waals surface area contributed by atoms with Gasteiger partial charge in [0.05, 0.1) is 25.9 Å². The van der Waals surface area contributed by atoms with Crippen molar-refractivity contribution in [3.05, 3.63) is 16.6 Å². The molecule has 0 radical (unpaired) electrons. The van der Waals surface area contributed by atoms with Gasteiger partial charge in [-0.2, -0.15) is 0 Å². The Morgan fingerprint density at radius 2 is 2.23 bits per heavy atom. The molecule has 3 aliphatic heterocycles. The SMILES string of the molecule is O=C([C@@H]1C[C@@H]2[C@@H](CCN2Cc2nccs2)O1)N1CCOCC1. The molecule has 0 aromatic carbocycles. The lowest BCUT2D eigenvalue weighted by molar-refractivity contribution is -0.146. The maximum absolute atomic E-state index is 12.6. The van der Waals surface area contributed by atoms with Gasteiger partial charge in [0.15, 0.2) is 0 Å². The standard InChI is InChI=1S/C15H21N3O3S/c19-15(17-4-6-20-7-5-17)13-9-11-12(21-13)1-3-18(11)10-14-16-2-8-22-14/h2,8,11-13H,1,3-7,9-10H2/t11-,12-,13+/m1/s1. The Morgan fingerprint density at radius 3 is 3.00 bits per heavy atom. The third-order valence-corrected chi connectivity index (χ3v) is 5.58. The monoisotopic (exact) mass is 323 g/mol. The smallest absolute Gasteiger partial charge is 0.251 e. The van der Waals surface area contributed by atoms with Crippen LogP contribution >= 0.6 is 11.3 Å². The predicted molar refractivity (Wildman–Crippen MR) is 81.6 cm³/mol. The number of aromatic nitrogens is 1. The van der Waals surface area contributed by atoms with Crippen molar-refractivity contribution >= 4 is 17.2 Å². The molecule has 0 spiro atoms. The molecular weight excluding hydrogens is 302 g/mol. The molecule has 120 valence electrons. The molecule has 6 nitrogen and oxygen atoms in total. The van der Waals surface area contributed by atoms with E-state index in [4.69, 9.17) is 9.47 Å². The summed E-state index contributed by atoms with van der Waals surface area (Å²) in [5, 5.41) is 3.15. The van der Waals surface area contributed by atoms with Crippen LogP contribution in [-0.2, 0) is 20.8 Å². The number of likely N-dealkylation sites (tertiary alicyclic amines) is 1. The van der Waals surface area contributed by atoms with Crippen LogP contribution in [0, 0.1) is 0 Å². The molecule has 22 heavy (non-hydrogen) atoms. The van der Waals surface area contributed by atoms with Gasteiger partial charge in [0.2, 0.25) is 0 Å². The number of thiazole rings is 1. The highest BCUT2D eigenvalue weighted by atomic mass is 32.1. The van der Waals surface area contributed by atoms with E-state index in [9.17, 15) is 4.79 Å². The van der Waals surface area contributed by atoms with E-state index in [2.05, 4.69) is 9.88 Å². The molecule has 4 heterocycles. The van der Waals surface area contributed by atoms with Crippen LogP contribution in [0.3, 0.4) is 0 Å². The molecule has 3 fully saturated rings. The summed E-state index contributed by atoms with van der Waals surface area (Å²) in [5.74, 6) is 0.145. The summed E-state index contributed by atoms with van der Waals surface area (Å²) in [6.07, 6.45) is 3.61. The summed E-state index contributed by atoms with van der Waals surface area (Å²) in [4.78, 5) is 21.3. The molecule has 7 heteroatoms. The minimum Gasteiger partial charge on any atom is -0.378 e. The Balaban J connectivity index is 1.38. The fraction of sp³-hybridized carbons (Fsp3) is 0.733. The van der Waals surface area contributed by atoms with Crippen molar-refractivity contribution in [1.29, 1.82) is 0 Å². The summed E-state index contributed by atoms with van der Waals surface area (Å²) >= 11 is 1.69. The lowest BCUT2D eigenvalue weighted by Gasteiger charge is -2.29. The lowest BCUT2D eigenvalue weighted by Crippen LogP contribution is -2.46. The second-order valence-corrected chi connectivity index (χ2v) is 7.07. The largest absolute Gasteiger partial charge is 0.378 e. The van der Waals surface area contributed by atoms with Gasteiger partial charge in [-0.1, -0.05) is 0 Å². The van der Waals surface area contributed by atoms with Gasteiger partial charge in [-0.15, -0.1) is 11.3 Å². The number of carbonyl (C=O) groups is 1. The normalized spacial score (nSPS) is 32.4. The van der Waals surface area contributed by atoms with Crippen LogP contribution in [0.2, 0.25) is 0 Å². The van der Waals surface area contributed by atoms with E-state index in [0.29, 0.717) is 32.3 Å². The van der Waals surface area contributed by atoms with Crippen LogP contribution in [0.4, 0.5) is 0 Å². The number of hydrogen-bond donors (Lipinski definition) is 0. The number of hydrogen-bond acceptors (Lipinski definition) is 6. The van der Waals surface area contributed by atoms with Crippen molar-refractivity contribution in [2.75, 3.05) is 32.8 Å². The van der Waals surface area contributed by atoms with Crippen LogP contribution in [0.5, 0.6) is 0 Å². The highest BCUT2D eigenvalue weighted by Crippen LogP contribution is 2.34. The van der Waals surface area contributed by atoms with Crippen molar-refractivity contribution in [2.45, 2.75) is 37.6 Å². The van der Waals surface area contributed by atoms with E-state index in [1.807, 2.05) is 16.5 Å². The molecule has 0 bridgehead atoms. The van der Waals surface area contributed by atoms with Crippen molar-refractivity contribution in [3.63, 3.8) is 0 Å². The van der Waals surface area contributed by atoms with Gasteiger partial charge in [-0.05, 0) is 6.42 Å². The first-order valence-corrected chi connectivity index (χ1v) is 8.83. The molecule has 1 amide bonds. The molecule has 1 aromatic rings. The summed E-state index contributed by atoms with van der Waals surface area (Å²) < 4.78 is 11.4. The van der Waals surface area contributed by atoms with Crippen LogP contribution in [-0.4, -0.2) is 71.8 Å². The van der Waals surface area contributed by atoms with Gasteiger partial charge in [0.1, 0.15) is 11.1 Å². The summed E-state index contributed by atoms with van der Waals surface area (Å²) in [7, 11) is 0. The second kappa shape index (κ2) is 6.23. The average molecular weight is 323 g/mol. The van der Waals surface area contributed by atoms with Crippen molar-refractivity contribution < 1.29 is 14.3 Å². The molecule has 0 aliphatic carbocycles. The number of ether oxygens (including phenoxy) is 2. The third kappa shape index (κ3) is 2.78. The van der Waals surface area contributed by atoms with Crippen molar-refractivity contribution in [1.82, 2.24) is 14.8 Å². The van der Waals surface area contributed by atoms with Crippen molar-refractivity contribution in [3.8, 4) is 0 Å². The first-order chi connectivity index (χ1) is 10.8. The highest BCUT2D eigenvalue weighted by molar-refractivity contribution is 7.09.